The quantitative estimate of drug-likeness (QED) is 0.0447. The average molecular weight is 1410 g/mol. The first-order valence-corrected chi connectivity index (χ1v) is 38.1. The molecule has 0 saturated heterocycles. The van der Waals surface area contributed by atoms with Crippen LogP contribution in [-0.4, -0.2) is 111 Å². The highest BCUT2D eigenvalue weighted by Crippen LogP contribution is 2.44. The van der Waals surface area contributed by atoms with E-state index >= 15 is 0 Å². The van der Waals surface area contributed by atoms with Crippen molar-refractivity contribution < 1.29 is 48.0 Å². The van der Waals surface area contributed by atoms with Crippen molar-refractivity contribution in [3.8, 4) is 0 Å². The predicted molar refractivity (Wildman–Crippen MR) is 413 cm³/mol. The van der Waals surface area contributed by atoms with E-state index in [2.05, 4.69) is 114 Å². The molecule has 14 heteroatoms. The van der Waals surface area contributed by atoms with E-state index in [1.807, 2.05) is 89.2 Å². The zero-order chi connectivity index (χ0) is 72.4. The first-order valence-electron chi connectivity index (χ1n) is 38.1. The molecule has 13 nitrogen and oxygen atoms in total. The molecule has 0 spiro atoms. The molecule has 0 aromatic heterocycles. The normalized spacial score (nSPS) is 24.3. The monoisotopic (exact) mass is 1400 g/mol. The average Bonchev–Trinajstić information content (AvgIpc) is 1.66. The van der Waals surface area contributed by atoms with Gasteiger partial charge in [-0.15, -0.1) is 12.4 Å². The number of hydrogen-bond donors (Lipinski definition) is 4. The standard InChI is InChI=1S/C30H47NO3.C26H39NO3.C16H28O3.C14H19NO.ClH/c1-29(2,3)34-28(32)30(4,5)18-16-22-12-14-25(15-13-22)31-27-21-26(27)24(17-19-33-6)20-23-10-8-7-9-11-23;1-26(2,25(28)29)15-13-19-9-11-22(12-10-19)27-24-18-23(24)21(14-16-30-3)17-20-7-5-4-6-8-20;1-15(2,3)19-14(18)16(4,5)11-10-12-6-8-13(17)9-7-12;1-16-8-7-12(13-10-14(13)15)9-11-5-3-2-4-6-11;/h7-11,20,22,25-27,31H,12-19,21H2,1-6H3;4-8,17,19,22-24,27H,9-16,18H2,1-3H3,(H,28,29);12H,6-11H2,1-5H3;2-6,9,13-14H,7-8,10,15H2,1H3;1H/b24-20+;21-17+;;12-9+;/t22?,25?,26-,27+;19?,22?,23-,24+;;13-,14+;/m00.0./s1. The van der Waals surface area contributed by atoms with Gasteiger partial charge in [-0.25, -0.2) is 0 Å². The van der Waals surface area contributed by atoms with Crippen molar-refractivity contribution >= 4 is 54.3 Å². The van der Waals surface area contributed by atoms with Crippen molar-refractivity contribution in [3.63, 3.8) is 0 Å². The number of ether oxygens (including phenoxy) is 5. The lowest BCUT2D eigenvalue weighted by atomic mass is 9.78. The molecule has 3 aromatic carbocycles. The number of nitrogens with two attached hydrogens (primary N) is 1. The third kappa shape index (κ3) is 31.9. The van der Waals surface area contributed by atoms with E-state index in [0.29, 0.717) is 65.6 Å². The number of nitrogens with one attached hydrogen (secondary N) is 2. The Balaban J connectivity index is 0.000000250. The molecule has 6 aliphatic carbocycles. The van der Waals surface area contributed by atoms with Gasteiger partial charge in [-0.2, -0.15) is 0 Å². The van der Waals surface area contributed by atoms with E-state index < -0.39 is 33.4 Å². The van der Waals surface area contributed by atoms with Crippen molar-refractivity contribution in [1.82, 2.24) is 10.6 Å². The zero-order valence-corrected chi connectivity index (χ0v) is 65.3. The van der Waals surface area contributed by atoms with E-state index in [1.54, 1.807) is 21.3 Å². The maximum absolute atomic E-state index is 12.6. The van der Waals surface area contributed by atoms with Crippen LogP contribution in [0.25, 0.3) is 18.2 Å². The molecule has 3 aromatic rings. The minimum absolute atomic E-state index is 0. The highest BCUT2D eigenvalue weighted by molar-refractivity contribution is 5.85. The number of hydrogen-bond acceptors (Lipinski definition) is 12. The number of esters is 2. The smallest absolute Gasteiger partial charge is 0.312 e. The van der Waals surface area contributed by atoms with Gasteiger partial charge in [0.15, 0.2) is 0 Å². The van der Waals surface area contributed by atoms with Gasteiger partial charge >= 0.3 is 17.9 Å². The molecule has 6 atom stereocenters. The fraction of sp³-hybridized carbons (Fsp3) is 0.674. The fourth-order valence-electron chi connectivity index (χ4n) is 14.2. The second-order valence-corrected chi connectivity index (χ2v) is 33.8. The number of carbonyl (C=O) groups is 4. The van der Waals surface area contributed by atoms with E-state index in [4.69, 9.17) is 29.4 Å². The van der Waals surface area contributed by atoms with Gasteiger partial charge in [0.25, 0.3) is 0 Å². The summed E-state index contributed by atoms with van der Waals surface area (Å²) < 4.78 is 27.0. The number of carboxylic acid groups (broad SMARTS) is 1. The molecule has 100 heavy (non-hydrogen) atoms. The SMILES string of the molecule is CC(C)(C)OC(=O)C(C)(C)CCC1CCC(=O)CC1.COCC/C(=C\c1ccccc1)[C@@H]1C[C@H]1N.COCC/C(=C\c1ccccc1)[C@@H]1C[C@H]1NC1CCC(CCC(C)(C)C(=O)O)CC1.COCC/C(=C\c1ccccc1)[C@@H]1C[C@H]1NC1CCC(CCC(C)(C)C(=O)OC(C)(C)C)CC1.Cl. The molecular formula is C86H134ClN3O10. The molecule has 0 heterocycles. The van der Waals surface area contributed by atoms with Crippen LogP contribution in [0.3, 0.4) is 0 Å². The van der Waals surface area contributed by atoms with Gasteiger partial charge in [0.2, 0.25) is 0 Å². The first-order chi connectivity index (χ1) is 46.9. The number of carbonyl (C=O) groups excluding carboxylic acids is 3. The molecule has 560 valence electrons. The molecule has 6 aliphatic rings. The highest BCUT2D eigenvalue weighted by Gasteiger charge is 2.43. The van der Waals surface area contributed by atoms with Crippen LogP contribution in [-0.2, 0) is 42.9 Å². The van der Waals surface area contributed by atoms with Gasteiger partial charge in [0.05, 0.1) is 16.2 Å². The van der Waals surface area contributed by atoms with Gasteiger partial charge in [-0.05, 0) is 277 Å². The number of carboxylic acids is 1. The number of benzene rings is 3. The summed E-state index contributed by atoms with van der Waals surface area (Å²) >= 11 is 0. The van der Waals surface area contributed by atoms with Gasteiger partial charge in [0.1, 0.15) is 17.0 Å². The second kappa shape index (κ2) is 41.5. The number of Topliss-reactive ketones (excluding diaryl/α,β-unsaturated/α-hetero) is 1. The maximum Gasteiger partial charge on any atom is 0.312 e. The first kappa shape index (κ1) is 85.7. The summed E-state index contributed by atoms with van der Waals surface area (Å²) in [5, 5.41) is 17.2. The molecule has 0 unspecified atom stereocenters. The van der Waals surface area contributed by atoms with E-state index in [9.17, 15) is 24.3 Å². The van der Waals surface area contributed by atoms with Crippen LogP contribution in [0, 0.1) is 51.8 Å². The molecule has 0 aliphatic heterocycles. The minimum Gasteiger partial charge on any atom is -0.481 e. The molecule has 0 bridgehead atoms. The summed E-state index contributed by atoms with van der Waals surface area (Å²) in [7, 11) is 5.31. The molecule has 6 fully saturated rings. The van der Waals surface area contributed by atoms with Crippen molar-refractivity contribution in [3.05, 3.63) is 124 Å². The largest absolute Gasteiger partial charge is 0.481 e. The molecule has 5 N–H and O–H groups in total. The summed E-state index contributed by atoms with van der Waals surface area (Å²) in [6.45, 7) is 25.5. The Bertz CT molecular complexity index is 2980. The Kier molecular flexibility index (Phi) is 35.5. The van der Waals surface area contributed by atoms with Crippen molar-refractivity contribution in [2.45, 2.75) is 279 Å². The lowest BCUT2D eigenvalue weighted by Gasteiger charge is -2.32. The van der Waals surface area contributed by atoms with Gasteiger partial charge < -0.3 is 45.2 Å². The van der Waals surface area contributed by atoms with Crippen molar-refractivity contribution in [1.29, 1.82) is 0 Å². The molecular weight excluding hydrogens is 1270 g/mol. The van der Waals surface area contributed by atoms with Crippen LogP contribution in [0.4, 0.5) is 0 Å². The minimum atomic E-state index is -0.675. The number of ketones is 1. The van der Waals surface area contributed by atoms with E-state index in [0.717, 1.165) is 116 Å². The Labute approximate surface area is 611 Å². The van der Waals surface area contributed by atoms with E-state index in [-0.39, 0.29) is 24.3 Å². The lowest BCUT2D eigenvalue weighted by molar-refractivity contribution is -0.167. The van der Waals surface area contributed by atoms with Crippen LogP contribution in [0.2, 0.25) is 0 Å². The molecule has 0 radical (unpaired) electrons. The summed E-state index contributed by atoms with van der Waals surface area (Å²) in [5.41, 5.74) is 11.9. The molecule has 0 amide bonds. The zero-order valence-electron chi connectivity index (χ0n) is 64.4. The van der Waals surface area contributed by atoms with Crippen LogP contribution < -0.4 is 16.4 Å². The van der Waals surface area contributed by atoms with Gasteiger partial charge in [-0.1, -0.05) is 126 Å². The van der Waals surface area contributed by atoms with E-state index in [1.165, 1.54) is 97.6 Å². The van der Waals surface area contributed by atoms with Crippen molar-refractivity contribution in [2.75, 3.05) is 41.2 Å². The van der Waals surface area contributed by atoms with Crippen LogP contribution in [0.15, 0.2) is 108 Å². The number of methoxy groups -OCH3 is 3. The summed E-state index contributed by atoms with van der Waals surface area (Å²) in [6, 6.07) is 34.5. The second-order valence-electron chi connectivity index (χ2n) is 33.8. The molecule has 6 saturated carbocycles. The highest BCUT2D eigenvalue weighted by atomic mass is 35.5. The fourth-order valence-corrected chi connectivity index (χ4v) is 14.2. The van der Waals surface area contributed by atoms with Crippen molar-refractivity contribution in [2.24, 2.45) is 57.5 Å². The third-order valence-corrected chi connectivity index (χ3v) is 21.4. The Morgan fingerprint density at radius 3 is 1.05 bits per heavy atom. The number of rotatable bonds is 31. The topological polar surface area (TPSA) is 185 Å². The number of aliphatic carboxylic acids is 1. The summed E-state index contributed by atoms with van der Waals surface area (Å²) in [6.07, 6.45) is 32.6. The lowest BCUT2D eigenvalue weighted by Crippen LogP contribution is -2.36. The predicted octanol–water partition coefficient (Wildman–Crippen LogP) is 19.1. The molecule has 9 rings (SSSR count). The Hall–Kier alpha value is -4.99. The summed E-state index contributed by atoms with van der Waals surface area (Å²) in [4.78, 5) is 47.2. The third-order valence-electron chi connectivity index (χ3n) is 21.4. The van der Waals surface area contributed by atoms with Crippen LogP contribution in [0.1, 0.15) is 254 Å². The Morgan fingerprint density at radius 1 is 0.460 bits per heavy atom. The maximum atomic E-state index is 12.6. The van der Waals surface area contributed by atoms with Crippen LogP contribution in [0.5, 0.6) is 0 Å². The van der Waals surface area contributed by atoms with Crippen LogP contribution >= 0.6 is 12.4 Å². The number of halogens is 1. The summed E-state index contributed by atoms with van der Waals surface area (Å²) in [5.74, 6) is 3.40. The Morgan fingerprint density at radius 2 is 0.760 bits per heavy atom. The van der Waals surface area contributed by atoms with Gasteiger partial charge in [-0.3, -0.25) is 19.2 Å². The van der Waals surface area contributed by atoms with Gasteiger partial charge in [0, 0.05) is 84.2 Å².